The molecule has 142 valence electrons. The molecule has 1 heterocycles. The zero-order valence-corrected chi connectivity index (χ0v) is 15.2. The summed E-state index contributed by atoms with van der Waals surface area (Å²) in [5.41, 5.74) is 2.92. The first-order chi connectivity index (χ1) is 12.6. The van der Waals surface area contributed by atoms with Gasteiger partial charge in [-0.15, -0.1) is 0 Å². The van der Waals surface area contributed by atoms with Crippen molar-refractivity contribution in [3.05, 3.63) is 23.8 Å². The van der Waals surface area contributed by atoms with Gasteiger partial charge in [-0.1, -0.05) is 0 Å². The third-order valence-electron chi connectivity index (χ3n) is 3.88. The molecule has 0 aromatic heterocycles. The average molecular weight is 363 g/mol. The number of hydrogen-bond acceptors (Lipinski definition) is 6. The second-order valence-electron chi connectivity index (χ2n) is 5.73. The van der Waals surface area contributed by atoms with E-state index in [0.717, 1.165) is 25.9 Å². The molecule has 1 fully saturated rings. The maximum absolute atomic E-state index is 12.2. The van der Waals surface area contributed by atoms with Gasteiger partial charge in [0.1, 0.15) is 0 Å². The van der Waals surface area contributed by atoms with Gasteiger partial charge in [0.2, 0.25) is 0 Å². The minimum absolute atomic E-state index is 0.0138. The summed E-state index contributed by atoms with van der Waals surface area (Å²) in [6.07, 6.45) is 4.07. The Morgan fingerprint density at radius 1 is 1.19 bits per heavy atom. The van der Waals surface area contributed by atoms with Crippen LogP contribution in [0.3, 0.4) is 0 Å². The van der Waals surface area contributed by atoms with Crippen LogP contribution in [0.4, 0.5) is 4.79 Å². The fourth-order valence-electron chi connectivity index (χ4n) is 2.57. The highest BCUT2D eigenvalue weighted by molar-refractivity contribution is 5.82. The van der Waals surface area contributed by atoms with E-state index in [-0.39, 0.29) is 12.5 Å². The van der Waals surface area contributed by atoms with Crippen LogP contribution in [0.2, 0.25) is 0 Å². The Morgan fingerprint density at radius 3 is 2.65 bits per heavy atom. The highest BCUT2D eigenvalue weighted by Crippen LogP contribution is 2.28. The van der Waals surface area contributed by atoms with Crippen molar-refractivity contribution in [1.82, 2.24) is 10.3 Å². The molecule has 1 aliphatic rings. The van der Waals surface area contributed by atoms with Gasteiger partial charge >= 0.3 is 6.09 Å². The Morgan fingerprint density at radius 2 is 1.96 bits per heavy atom. The number of ether oxygens (including phenoxy) is 3. The molecule has 2 amide bonds. The van der Waals surface area contributed by atoms with E-state index in [2.05, 4.69) is 15.3 Å². The van der Waals surface area contributed by atoms with Crippen LogP contribution < -0.4 is 14.9 Å². The Bertz CT molecular complexity index is 642. The van der Waals surface area contributed by atoms with Crippen LogP contribution >= 0.6 is 0 Å². The second-order valence-corrected chi connectivity index (χ2v) is 5.73. The van der Waals surface area contributed by atoms with E-state index in [1.165, 1.54) is 19.7 Å². The van der Waals surface area contributed by atoms with E-state index < -0.39 is 6.09 Å². The quantitative estimate of drug-likeness (QED) is 0.592. The molecular weight excluding hydrogens is 338 g/mol. The highest BCUT2D eigenvalue weighted by Gasteiger charge is 2.17. The zero-order valence-electron chi connectivity index (χ0n) is 15.2. The lowest BCUT2D eigenvalue weighted by Gasteiger charge is -2.26. The van der Waals surface area contributed by atoms with Gasteiger partial charge in [-0.25, -0.2) is 10.2 Å². The molecule has 0 bridgehead atoms. The summed E-state index contributed by atoms with van der Waals surface area (Å²) in [5.74, 6) is 0.997. The van der Waals surface area contributed by atoms with Gasteiger partial charge in [0.05, 0.1) is 19.9 Å². The molecule has 8 heteroatoms. The summed E-state index contributed by atoms with van der Waals surface area (Å²) in [6, 6.07) is 5.20. The number of methoxy groups -OCH3 is 1. The molecule has 2 rings (SSSR count). The van der Waals surface area contributed by atoms with Crippen molar-refractivity contribution in [1.29, 1.82) is 0 Å². The van der Waals surface area contributed by atoms with E-state index in [1.807, 2.05) is 11.8 Å². The van der Waals surface area contributed by atoms with E-state index in [4.69, 9.17) is 9.47 Å². The van der Waals surface area contributed by atoms with Crippen LogP contribution in [0.15, 0.2) is 23.3 Å². The number of likely N-dealkylation sites (tertiary alicyclic amines) is 1. The van der Waals surface area contributed by atoms with Crippen molar-refractivity contribution in [2.75, 3.05) is 33.4 Å². The first-order valence-corrected chi connectivity index (χ1v) is 8.68. The minimum Gasteiger partial charge on any atom is -0.490 e. The molecule has 1 aliphatic heterocycles. The average Bonchev–Trinajstić information content (AvgIpc) is 2.68. The summed E-state index contributed by atoms with van der Waals surface area (Å²) in [5, 5.41) is 3.77. The number of nitrogens with one attached hydrogen (secondary N) is 1. The maximum Gasteiger partial charge on any atom is 0.427 e. The van der Waals surface area contributed by atoms with E-state index in [9.17, 15) is 9.59 Å². The predicted octanol–water partition coefficient (Wildman–Crippen LogP) is 2.17. The molecule has 0 spiro atoms. The normalized spacial score (nSPS) is 14.2. The van der Waals surface area contributed by atoms with Gasteiger partial charge < -0.3 is 19.1 Å². The molecule has 0 saturated carbocycles. The molecule has 0 unspecified atom stereocenters. The molecular formula is C18H25N3O5. The van der Waals surface area contributed by atoms with Crippen LogP contribution in [0.1, 0.15) is 31.7 Å². The zero-order chi connectivity index (χ0) is 18.8. The van der Waals surface area contributed by atoms with Gasteiger partial charge in [-0.05, 0) is 49.9 Å². The third-order valence-corrected chi connectivity index (χ3v) is 3.88. The molecule has 1 aromatic carbocycles. The molecule has 0 atom stereocenters. The standard InChI is InChI=1S/C18H25N3O5/c1-3-25-16-11-14(12-19-20-18(23)24-2)7-8-15(16)26-13-17(22)21-9-5-4-6-10-21/h7-8,11-12H,3-6,9-10,13H2,1-2H3,(H,20,23)/b19-12+. The fourth-order valence-corrected chi connectivity index (χ4v) is 2.57. The number of carbonyl (C=O) groups is 2. The summed E-state index contributed by atoms with van der Waals surface area (Å²) < 4.78 is 15.7. The van der Waals surface area contributed by atoms with Crippen molar-refractivity contribution in [3.8, 4) is 11.5 Å². The number of carbonyl (C=O) groups excluding carboxylic acids is 2. The summed E-state index contributed by atoms with van der Waals surface area (Å²) in [4.78, 5) is 25.0. The number of hydrazone groups is 1. The third kappa shape index (κ3) is 5.94. The van der Waals surface area contributed by atoms with Crippen molar-refractivity contribution in [2.45, 2.75) is 26.2 Å². The van der Waals surface area contributed by atoms with Crippen LogP contribution in [0.25, 0.3) is 0 Å². The van der Waals surface area contributed by atoms with Crippen molar-refractivity contribution >= 4 is 18.2 Å². The molecule has 1 aromatic rings. The monoisotopic (exact) mass is 363 g/mol. The van der Waals surface area contributed by atoms with E-state index in [1.54, 1.807) is 18.2 Å². The fraction of sp³-hybridized carbons (Fsp3) is 0.500. The largest absolute Gasteiger partial charge is 0.490 e. The Kier molecular flexibility index (Phi) is 7.73. The number of rotatable bonds is 7. The first-order valence-electron chi connectivity index (χ1n) is 8.68. The lowest BCUT2D eigenvalue weighted by molar-refractivity contribution is -0.134. The van der Waals surface area contributed by atoms with Crippen LogP contribution in [0.5, 0.6) is 11.5 Å². The Labute approximate surface area is 153 Å². The second kappa shape index (κ2) is 10.3. The van der Waals surface area contributed by atoms with Gasteiger partial charge in [-0.3, -0.25) is 4.79 Å². The summed E-state index contributed by atoms with van der Waals surface area (Å²) in [7, 11) is 1.26. The van der Waals surface area contributed by atoms with Crippen LogP contribution in [-0.2, 0) is 9.53 Å². The number of hydrogen-bond donors (Lipinski definition) is 1. The lowest BCUT2D eigenvalue weighted by Crippen LogP contribution is -2.38. The molecule has 26 heavy (non-hydrogen) atoms. The van der Waals surface area contributed by atoms with Crippen LogP contribution in [0, 0.1) is 0 Å². The van der Waals surface area contributed by atoms with E-state index in [0.29, 0.717) is 23.7 Å². The summed E-state index contributed by atoms with van der Waals surface area (Å²) >= 11 is 0. The van der Waals surface area contributed by atoms with Crippen molar-refractivity contribution < 1.29 is 23.8 Å². The number of piperidine rings is 1. The molecule has 1 N–H and O–H groups in total. The maximum atomic E-state index is 12.2. The molecule has 0 aliphatic carbocycles. The predicted molar refractivity (Wildman–Crippen MR) is 96.7 cm³/mol. The topological polar surface area (TPSA) is 89.5 Å². The lowest BCUT2D eigenvalue weighted by atomic mass is 10.1. The SMILES string of the molecule is CCOc1cc(/C=N/NC(=O)OC)ccc1OCC(=O)N1CCCCC1. The smallest absolute Gasteiger partial charge is 0.427 e. The first kappa shape index (κ1) is 19.6. The minimum atomic E-state index is -0.650. The number of benzene rings is 1. The van der Waals surface area contributed by atoms with Gasteiger partial charge in [0.25, 0.3) is 5.91 Å². The van der Waals surface area contributed by atoms with Crippen LogP contribution in [-0.4, -0.2) is 56.5 Å². The Balaban J connectivity index is 1.98. The number of amides is 2. The van der Waals surface area contributed by atoms with Crippen molar-refractivity contribution in [2.24, 2.45) is 5.10 Å². The molecule has 1 saturated heterocycles. The van der Waals surface area contributed by atoms with Gasteiger partial charge in [0, 0.05) is 13.1 Å². The van der Waals surface area contributed by atoms with Crippen molar-refractivity contribution in [3.63, 3.8) is 0 Å². The van der Waals surface area contributed by atoms with Gasteiger partial charge in [-0.2, -0.15) is 5.10 Å². The molecule has 0 radical (unpaired) electrons. The molecule has 8 nitrogen and oxygen atoms in total. The number of nitrogens with zero attached hydrogens (tertiary/aromatic N) is 2. The van der Waals surface area contributed by atoms with Gasteiger partial charge in [0.15, 0.2) is 18.1 Å². The Hall–Kier alpha value is -2.77. The summed E-state index contributed by atoms with van der Waals surface area (Å²) in [6.45, 7) is 3.89. The highest BCUT2D eigenvalue weighted by atomic mass is 16.5. The van der Waals surface area contributed by atoms with E-state index >= 15 is 0 Å².